The number of nitrogen functional groups attached to an aromatic ring is 1. The molecule has 0 aromatic carbocycles. The topological polar surface area (TPSA) is 82.0 Å². The number of nitrogens with two attached hydrogens (primary N) is 1. The summed E-state index contributed by atoms with van der Waals surface area (Å²) in [5.74, 6) is -0.894. The predicted molar refractivity (Wildman–Crippen MR) is 40.3 cm³/mol. The summed E-state index contributed by atoms with van der Waals surface area (Å²) in [6.45, 7) is 0. The van der Waals surface area contributed by atoms with E-state index in [9.17, 15) is 18.9 Å². The molecule has 0 aliphatic heterocycles. The van der Waals surface area contributed by atoms with Gasteiger partial charge in [-0.05, 0) is 9.91 Å². The Hall–Kier alpha value is -1.79. The van der Waals surface area contributed by atoms with Gasteiger partial charge in [0.05, 0.1) is 5.69 Å². The number of anilines is 1. The summed E-state index contributed by atoms with van der Waals surface area (Å²) in [5, 5.41) is 10.2. The molecule has 0 aliphatic carbocycles. The second kappa shape index (κ2) is 3.30. The van der Waals surface area contributed by atoms with E-state index in [1.807, 2.05) is 0 Å². The molecule has 2 N–H and O–H groups in total. The number of aromatic nitrogens is 1. The first kappa shape index (κ1) is 9.30. The molecule has 5 nitrogen and oxygen atoms in total. The molecule has 70 valence electrons. The molecule has 1 aromatic heterocycles. The van der Waals surface area contributed by atoms with E-state index in [1.165, 1.54) is 0 Å². The minimum Gasteiger partial charge on any atom is -0.398 e. The fraction of sp³-hybridized carbons (Fsp3) is 0.167. The highest BCUT2D eigenvalue weighted by molar-refractivity contribution is 5.54. The third-order valence-corrected chi connectivity index (χ3v) is 1.39. The lowest BCUT2D eigenvalue weighted by molar-refractivity contribution is -0.390. The van der Waals surface area contributed by atoms with Crippen LogP contribution in [0.25, 0.3) is 0 Å². The minimum absolute atomic E-state index is 0.322. The first-order chi connectivity index (χ1) is 6.04. The van der Waals surface area contributed by atoms with Gasteiger partial charge in [0, 0.05) is 6.07 Å². The fourth-order valence-corrected chi connectivity index (χ4v) is 0.846. The van der Waals surface area contributed by atoms with Crippen LogP contribution in [-0.4, -0.2) is 9.91 Å². The molecule has 7 heteroatoms. The van der Waals surface area contributed by atoms with Gasteiger partial charge in [0.25, 0.3) is 6.43 Å². The number of pyridine rings is 1. The number of rotatable bonds is 2. The van der Waals surface area contributed by atoms with Crippen molar-refractivity contribution in [1.82, 2.24) is 4.98 Å². The SMILES string of the molecule is Nc1ccnc([N+](=O)[O-])c1C(F)F. The largest absolute Gasteiger partial charge is 0.398 e. The molecule has 1 rings (SSSR count). The minimum atomic E-state index is -2.99. The van der Waals surface area contributed by atoms with Crippen LogP contribution in [0.2, 0.25) is 0 Å². The Morgan fingerprint density at radius 1 is 1.62 bits per heavy atom. The van der Waals surface area contributed by atoms with E-state index in [1.54, 1.807) is 0 Å². The predicted octanol–water partition coefficient (Wildman–Crippen LogP) is 1.51. The molecule has 0 saturated carbocycles. The molecule has 0 radical (unpaired) electrons. The maximum Gasteiger partial charge on any atom is 0.374 e. The van der Waals surface area contributed by atoms with Crippen molar-refractivity contribution in [2.75, 3.05) is 5.73 Å². The zero-order valence-electron chi connectivity index (χ0n) is 6.28. The van der Waals surface area contributed by atoms with Gasteiger partial charge in [-0.3, -0.25) is 0 Å². The van der Waals surface area contributed by atoms with Crippen molar-refractivity contribution < 1.29 is 13.7 Å². The van der Waals surface area contributed by atoms with Crippen LogP contribution in [0.1, 0.15) is 12.0 Å². The highest BCUT2D eigenvalue weighted by atomic mass is 19.3. The number of hydrogen-bond donors (Lipinski definition) is 1. The van der Waals surface area contributed by atoms with Crippen molar-refractivity contribution in [2.45, 2.75) is 6.43 Å². The number of alkyl halides is 2. The van der Waals surface area contributed by atoms with Gasteiger partial charge in [-0.15, -0.1) is 0 Å². The van der Waals surface area contributed by atoms with Crippen LogP contribution in [0.4, 0.5) is 20.3 Å². The van der Waals surface area contributed by atoms with Gasteiger partial charge in [0.2, 0.25) is 0 Å². The van der Waals surface area contributed by atoms with Crippen LogP contribution >= 0.6 is 0 Å². The molecular weight excluding hydrogens is 184 g/mol. The van der Waals surface area contributed by atoms with E-state index in [0.29, 0.717) is 0 Å². The van der Waals surface area contributed by atoms with Crippen LogP contribution in [0.5, 0.6) is 0 Å². The van der Waals surface area contributed by atoms with E-state index in [-0.39, 0.29) is 5.69 Å². The average Bonchev–Trinajstić information content (AvgIpc) is 2.02. The summed E-state index contributed by atoms with van der Waals surface area (Å²) < 4.78 is 24.4. The second-order valence-corrected chi connectivity index (χ2v) is 2.20. The van der Waals surface area contributed by atoms with Crippen molar-refractivity contribution in [3.05, 3.63) is 27.9 Å². The quantitative estimate of drug-likeness (QED) is 0.564. The Morgan fingerprint density at radius 2 is 2.23 bits per heavy atom. The lowest BCUT2D eigenvalue weighted by atomic mass is 10.2. The molecule has 0 atom stereocenters. The summed E-state index contributed by atoms with van der Waals surface area (Å²) in [5.41, 5.74) is 3.99. The zero-order valence-corrected chi connectivity index (χ0v) is 6.28. The molecular formula is C6H5F2N3O2. The standard InChI is InChI=1S/C6H5F2N3O2/c7-5(8)4-3(9)1-2-10-6(4)11(12)13/h1-2,5H,(H2,9,10). The van der Waals surface area contributed by atoms with E-state index >= 15 is 0 Å². The van der Waals surface area contributed by atoms with Crippen molar-refractivity contribution in [2.24, 2.45) is 0 Å². The van der Waals surface area contributed by atoms with Crippen LogP contribution in [0.3, 0.4) is 0 Å². The molecule has 0 saturated heterocycles. The van der Waals surface area contributed by atoms with Crippen molar-refractivity contribution in [3.8, 4) is 0 Å². The average molecular weight is 189 g/mol. The van der Waals surface area contributed by atoms with E-state index in [0.717, 1.165) is 12.3 Å². The van der Waals surface area contributed by atoms with E-state index < -0.39 is 22.7 Å². The number of halogens is 2. The lowest BCUT2D eigenvalue weighted by Gasteiger charge is -2.02. The van der Waals surface area contributed by atoms with Crippen LogP contribution in [-0.2, 0) is 0 Å². The maximum atomic E-state index is 12.2. The Kier molecular flexibility index (Phi) is 2.36. The molecule has 0 spiro atoms. The van der Waals surface area contributed by atoms with Crippen molar-refractivity contribution >= 4 is 11.5 Å². The van der Waals surface area contributed by atoms with E-state index in [4.69, 9.17) is 5.73 Å². The third-order valence-electron chi connectivity index (χ3n) is 1.39. The number of nitro groups is 1. The summed E-state index contributed by atoms with van der Waals surface area (Å²) >= 11 is 0. The summed E-state index contributed by atoms with van der Waals surface area (Å²) in [6.07, 6.45) is -1.98. The Morgan fingerprint density at radius 3 is 2.62 bits per heavy atom. The highest BCUT2D eigenvalue weighted by Crippen LogP contribution is 2.31. The summed E-state index contributed by atoms with van der Waals surface area (Å²) in [6, 6.07) is 1.09. The van der Waals surface area contributed by atoms with E-state index in [2.05, 4.69) is 4.98 Å². The first-order valence-corrected chi connectivity index (χ1v) is 3.21. The van der Waals surface area contributed by atoms with Gasteiger partial charge in [-0.25, -0.2) is 8.78 Å². The van der Waals surface area contributed by atoms with Crippen LogP contribution in [0, 0.1) is 10.1 Å². The Bertz CT molecular complexity index is 343. The maximum absolute atomic E-state index is 12.2. The van der Waals surface area contributed by atoms with Crippen molar-refractivity contribution in [3.63, 3.8) is 0 Å². The first-order valence-electron chi connectivity index (χ1n) is 3.21. The van der Waals surface area contributed by atoms with Gasteiger partial charge in [-0.1, -0.05) is 0 Å². The zero-order chi connectivity index (χ0) is 10.0. The molecule has 1 heterocycles. The Labute approximate surface area is 71.3 Å². The molecule has 1 aromatic rings. The van der Waals surface area contributed by atoms with Gasteiger partial charge in [0.1, 0.15) is 11.8 Å². The Balaban J connectivity index is 3.34. The fourth-order valence-electron chi connectivity index (χ4n) is 0.846. The number of nitrogens with zero attached hydrogens (tertiary/aromatic N) is 2. The lowest BCUT2D eigenvalue weighted by Crippen LogP contribution is -2.02. The van der Waals surface area contributed by atoms with Crippen molar-refractivity contribution in [1.29, 1.82) is 0 Å². The summed E-state index contributed by atoms with van der Waals surface area (Å²) in [4.78, 5) is 12.4. The van der Waals surface area contributed by atoms with Crippen LogP contribution < -0.4 is 5.73 Å². The molecule has 0 aliphatic rings. The van der Waals surface area contributed by atoms with Gasteiger partial charge in [-0.2, -0.15) is 0 Å². The smallest absolute Gasteiger partial charge is 0.374 e. The summed E-state index contributed by atoms with van der Waals surface area (Å²) in [7, 11) is 0. The molecule has 0 fully saturated rings. The molecule has 0 bridgehead atoms. The third kappa shape index (κ3) is 1.68. The van der Waals surface area contributed by atoms with Gasteiger partial charge < -0.3 is 15.8 Å². The molecule has 0 unspecified atom stereocenters. The van der Waals surface area contributed by atoms with Gasteiger partial charge >= 0.3 is 5.82 Å². The number of hydrogen-bond acceptors (Lipinski definition) is 4. The normalized spacial score (nSPS) is 10.4. The monoisotopic (exact) mass is 189 g/mol. The molecule has 0 amide bonds. The molecule has 13 heavy (non-hydrogen) atoms. The highest BCUT2D eigenvalue weighted by Gasteiger charge is 2.25. The second-order valence-electron chi connectivity index (χ2n) is 2.20. The van der Waals surface area contributed by atoms with Gasteiger partial charge in [0.15, 0.2) is 0 Å². The van der Waals surface area contributed by atoms with Crippen LogP contribution in [0.15, 0.2) is 12.3 Å².